The van der Waals surface area contributed by atoms with Crippen LogP contribution in [-0.2, 0) is 13.5 Å². The van der Waals surface area contributed by atoms with Gasteiger partial charge >= 0.3 is 0 Å². The second-order valence-electron chi connectivity index (χ2n) is 3.52. The summed E-state index contributed by atoms with van der Waals surface area (Å²) in [6.45, 7) is 0. The van der Waals surface area contributed by atoms with Crippen LogP contribution in [0.15, 0.2) is 28.9 Å². The van der Waals surface area contributed by atoms with Gasteiger partial charge in [-0.1, -0.05) is 0 Å². The first-order valence-corrected chi connectivity index (χ1v) is 5.26. The molecule has 0 aliphatic rings. The third-order valence-electron chi connectivity index (χ3n) is 2.45. The zero-order valence-corrected chi connectivity index (χ0v) is 9.61. The van der Waals surface area contributed by atoms with E-state index in [-0.39, 0.29) is 6.04 Å². The predicted octanol–water partition coefficient (Wildman–Crippen LogP) is 1.41. The molecule has 0 amide bonds. The first-order chi connectivity index (χ1) is 7.70. The molecule has 0 fully saturated rings. The summed E-state index contributed by atoms with van der Waals surface area (Å²) in [4.78, 5) is 4.23. The van der Waals surface area contributed by atoms with Gasteiger partial charge in [-0.2, -0.15) is 0 Å². The van der Waals surface area contributed by atoms with Crippen molar-refractivity contribution in [2.75, 3.05) is 0 Å². The van der Waals surface area contributed by atoms with Crippen LogP contribution in [0.4, 0.5) is 0 Å². The molecule has 0 aliphatic carbocycles. The van der Waals surface area contributed by atoms with Crippen molar-refractivity contribution >= 4 is 11.6 Å². The van der Waals surface area contributed by atoms with E-state index in [2.05, 4.69) is 10.4 Å². The number of nitrogens with zero attached hydrogens (tertiary/aromatic N) is 2. The molecule has 0 saturated heterocycles. The molecule has 5 nitrogen and oxygen atoms in total. The Kier molecular flexibility index (Phi) is 3.28. The molecule has 0 aromatic carbocycles. The normalized spacial score (nSPS) is 12.9. The maximum Gasteiger partial charge on any atom is 0.193 e. The van der Waals surface area contributed by atoms with Crippen LogP contribution in [0.2, 0.25) is 5.22 Å². The van der Waals surface area contributed by atoms with Crippen molar-refractivity contribution < 1.29 is 4.42 Å². The Bertz CT molecular complexity index is 465. The summed E-state index contributed by atoms with van der Waals surface area (Å²) >= 11 is 5.72. The molecule has 2 aromatic rings. The van der Waals surface area contributed by atoms with Crippen LogP contribution in [0.25, 0.3) is 0 Å². The minimum absolute atomic E-state index is 0.131. The Balaban J connectivity index is 2.15. The average Bonchev–Trinajstić information content (AvgIpc) is 2.85. The lowest BCUT2D eigenvalue weighted by Gasteiger charge is -2.12. The highest BCUT2D eigenvalue weighted by Gasteiger charge is 2.16. The molecule has 2 rings (SSSR count). The fraction of sp³-hybridized carbons (Fsp3) is 0.300. The summed E-state index contributed by atoms with van der Waals surface area (Å²) in [6.07, 6.45) is 4.28. The SMILES string of the molecule is Cn1ccnc1CC(NN)c1ccc(Cl)o1. The van der Waals surface area contributed by atoms with E-state index < -0.39 is 0 Å². The smallest absolute Gasteiger partial charge is 0.193 e. The largest absolute Gasteiger partial charge is 0.448 e. The molecular weight excluding hydrogens is 228 g/mol. The summed E-state index contributed by atoms with van der Waals surface area (Å²) in [7, 11) is 1.94. The van der Waals surface area contributed by atoms with Crippen molar-refractivity contribution in [3.8, 4) is 0 Å². The lowest BCUT2D eigenvalue weighted by Crippen LogP contribution is -2.30. The molecule has 0 radical (unpaired) electrons. The monoisotopic (exact) mass is 240 g/mol. The molecule has 16 heavy (non-hydrogen) atoms. The van der Waals surface area contributed by atoms with Gasteiger partial charge in [-0.25, -0.2) is 10.4 Å². The van der Waals surface area contributed by atoms with Gasteiger partial charge in [0.2, 0.25) is 0 Å². The number of nitrogens with two attached hydrogens (primary N) is 1. The van der Waals surface area contributed by atoms with E-state index in [4.69, 9.17) is 21.9 Å². The highest BCUT2D eigenvalue weighted by Crippen LogP contribution is 2.21. The minimum atomic E-state index is -0.131. The summed E-state index contributed by atoms with van der Waals surface area (Å²) in [5.41, 5.74) is 2.69. The van der Waals surface area contributed by atoms with Crippen molar-refractivity contribution in [2.45, 2.75) is 12.5 Å². The van der Waals surface area contributed by atoms with Crippen LogP contribution in [-0.4, -0.2) is 9.55 Å². The molecule has 1 atom stereocenters. The van der Waals surface area contributed by atoms with Crippen LogP contribution < -0.4 is 11.3 Å². The molecule has 0 bridgehead atoms. The van der Waals surface area contributed by atoms with Gasteiger partial charge in [-0.15, -0.1) is 0 Å². The Morgan fingerprint density at radius 2 is 2.44 bits per heavy atom. The molecule has 2 heterocycles. The molecule has 6 heteroatoms. The quantitative estimate of drug-likeness (QED) is 0.626. The standard InChI is InChI=1S/C10H13ClN4O/c1-15-5-4-13-10(15)6-7(14-12)8-2-3-9(11)16-8/h2-5,7,14H,6,12H2,1H3. The van der Waals surface area contributed by atoms with Crippen molar-refractivity contribution in [3.05, 3.63) is 41.3 Å². The van der Waals surface area contributed by atoms with Crippen LogP contribution in [0.1, 0.15) is 17.6 Å². The number of rotatable bonds is 4. The van der Waals surface area contributed by atoms with Crippen LogP contribution in [0, 0.1) is 0 Å². The number of nitrogens with one attached hydrogen (secondary N) is 1. The number of hydrogen-bond donors (Lipinski definition) is 2. The van der Waals surface area contributed by atoms with E-state index in [1.54, 1.807) is 18.3 Å². The average molecular weight is 241 g/mol. The van der Waals surface area contributed by atoms with Gasteiger partial charge < -0.3 is 8.98 Å². The number of imidazole rings is 1. The summed E-state index contributed by atoms with van der Waals surface area (Å²) < 4.78 is 7.25. The Morgan fingerprint density at radius 3 is 2.94 bits per heavy atom. The van der Waals surface area contributed by atoms with Crippen molar-refractivity contribution in [2.24, 2.45) is 12.9 Å². The zero-order valence-electron chi connectivity index (χ0n) is 8.85. The van der Waals surface area contributed by atoms with Crippen molar-refractivity contribution in [3.63, 3.8) is 0 Å². The summed E-state index contributed by atoms with van der Waals surface area (Å²) in [5.74, 6) is 7.12. The fourth-order valence-electron chi connectivity index (χ4n) is 1.53. The zero-order chi connectivity index (χ0) is 11.5. The predicted molar refractivity (Wildman–Crippen MR) is 60.7 cm³/mol. The van der Waals surface area contributed by atoms with E-state index >= 15 is 0 Å². The lowest BCUT2D eigenvalue weighted by molar-refractivity contribution is 0.410. The molecule has 3 N–H and O–H groups in total. The summed E-state index contributed by atoms with van der Waals surface area (Å²) in [6, 6.07) is 3.36. The first kappa shape index (κ1) is 11.2. The minimum Gasteiger partial charge on any atom is -0.448 e. The van der Waals surface area contributed by atoms with E-state index in [9.17, 15) is 0 Å². The Labute approximate surface area is 98.2 Å². The Morgan fingerprint density at radius 1 is 1.62 bits per heavy atom. The number of furan rings is 1. The number of hydrazine groups is 1. The number of halogens is 1. The first-order valence-electron chi connectivity index (χ1n) is 4.88. The number of aromatic nitrogens is 2. The van der Waals surface area contributed by atoms with Crippen LogP contribution >= 0.6 is 11.6 Å². The van der Waals surface area contributed by atoms with Gasteiger partial charge in [0.25, 0.3) is 0 Å². The maximum atomic E-state index is 5.72. The fourth-order valence-corrected chi connectivity index (χ4v) is 1.69. The second-order valence-corrected chi connectivity index (χ2v) is 3.89. The van der Waals surface area contributed by atoms with Gasteiger partial charge in [0.05, 0.1) is 6.04 Å². The van der Waals surface area contributed by atoms with Gasteiger partial charge in [-0.3, -0.25) is 5.84 Å². The summed E-state index contributed by atoms with van der Waals surface area (Å²) in [5, 5.41) is 0.357. The molecule has 0 spiro atoms. The highest BCUT2D eigenvalue weighted by atomic mass is 35.5. The van der Waals surface area contributed by atoms with Crippen molar-refractivity contribution in [1.82, 2.24) is 15.0 Å². The van der Waals surface area contributed by atoms with Gasteiger partial charge in [0, 0.05) is 25.9 Å². The molecule has 86 valence electrons. The Hall–Kier alpha value is -1.30. The van der Waals surface area contributed by atoms with E-state index in [1.807, 2.05) is 17.8 Å². The molecule has 2 aromatic heterocycles. The van der Waals surface area contributed by atoms with E-state index in [0.717, 1.165) is 5.82 Å². The number of hydrogen-bond acceptors (Lipinski definition) is 4. The maximum absolute atomic E-state index is 5.72. The molecule has 0 aliphatic heterocycles. The molecular formula is C10H13ClN4O. The number of aryl methyl sites for hydroxylation is 1. The van der Waals surface area contributed by atoms with E-state index in [0.29, 0.717) is 17.4 Å². The third-order valence-corrected chi connectivity index (χ3v) is 2.65. The molecule has 0 saturated carbocycles. The van der Waals surface area contributed by atoms with Gasteiger partial charge in [0.1, 0.15) is 11.6 Å². The molecule has 1 unspecified atom stereocenters. The third kappa shape index (κ3) is 2.27. The van der Waals surface area contributed by atoms with Gasteiger partial charge in [0.15, 0.2) is 5.22 Å². The van der Waals surface area contributed by atoms with Crippen molar-refractivity contribution in [1.29, 1.82) is 0 Å². The van der Waals surface area contributed by atoms with Crippen LogP contribution in [0.5, 0.6) is 0 Å². The highest BCUT2D eigenvalue weighted by molar-refractivity contribution is 6.28. The van der Waals surface area contributed by atoms with Crippen LogP contribution in [0.3, 0.4) is 0 Å². The van der Waals surface area contributed by atoms with E-state index in [1.165, 1.54) is 0 Å². The second kappa shape index (κ2) is 4.69. The van der Waals surface area contributed by atoms with Gasteiger partial charge in [-0.05, 0) is 23.7 Å². The topological polar surface area (TPSA) is 69.0 Å². The lowest BCUT2D eigenvalue weighted by atomic mass is 10.1.